The first-order chi connectivity index (χ1) is 5.96. The van der Waals surface area contributed by atoms with Crippen molar-refractivity contribution in [3.05, 3.63) is 0 Å². The van der Waals surface area contributed by atoms with E-state index >= 15 is 0 Å². The Kier molecular flexibility index (Phi) is 2.96. The maximum absolute atomic E-state index is 11.6. The minimum atomic E-state index is 0.166. The van der Waals surface area contributed by atoms with E-state index in [9.17, 15) is 4.79 Å². The molecular weight excluding hydrogens is 164 g/mol. The Bertz CT molecular complexity index is 201. The van der Waals surface area contributed by atoms with Crippen LogP contribution in [0.4, 0.5) is 0 Å². The van der Waals surface area contributed by atoms with Gasteiger partial charge in [-0.3, -0.25) is 4.79 Å². The Morgan fingerprint density at radius 1 is 1.62 bits per heavy atom. The summed E-state index contributed by atoms with van der Waals surface area (Å²) in [6.45, 7) is 8.17. The minimum Gasteiger partial charge on any atom is -0.338 e. The Labute approximate surface area is 80.5 Å². The van der Waals surface area contributed by atoms with E-state index in [0.717, 1.165) is 13.1 Å². The molecule has 0 aromatic heterocycles. The van der Waals surface area contributed by atoms with Gasteiger partial charge in [0.05, 0.1) is 0 Å². The van der Waals surface area contributed by atoms with Crippen LogP contribution < -0.4 is 5.32 Å². The molecule has 0 spiro atoms. The zero-order valence-corrected chi connectivity index (χ0v) is 9.05. The highest BCUT2D eigenvalue weighted by Crippen LogP contribution is 2.30. The lowest BCUT2D eigenvalue weighted by molar-refractivity contribution is -0.129. The smallest absolute Gasteiger partial charge is 0.223 e. The predicted octanol–water partition coefficient (Wildman–Crippen LogP) is 0.853. The van der Waals surface area contributed by atoms with Gasteiger partial charge in [0.1, 0.15) is 0 Å². The lowest BCUT2D eigenvalue weighted by Crippen LogP contribution is -2.40. The van der Waals surface area contributed by atoms with Crippen molar-refractivity contribution in [1.29, 1.82) is 0 Å². The lowest BCUT2D eigenvalue weighted by Gasteiger charge is -2.26. The summed E-state index contributed by atoms with van der Waals surface area (Å²) < 4.78 is 0. The second-order valence-electron chi connectivity index (χ2n) is 4.77. The average Bonchev–Trinajstić information content (AvgIpc) is 2.25. The zero-order valence-electron chi connectivity index (χ0n) is 9.05. The van der Waals surface area contributed by atoms with Crippen molar-refractivity contribution in [1.82, 2.24) is 10.2 Å². The normalized spacial score (nSPS) is 23.7. The van der Waals surface area contributed by atoms with E-state index in [4.69, 9.17) is 0 Å². The largest absolute Gasteiger partial charge is 0.338 e. The first-order valence-corrected chi connectivity index (χ1v) is 4.90. The molecule has 0 aliphatic carbocycles. The third-order valence-electron chi connectivity index (χ3n) is 2.58. The Morgan fingerprint density at radius 2 is 2.23 bits per heavy atom. The standard InChI is InChI=1S/C10H20N2O/c1-8(6-11-4)12-7-10(2,3)5-9(12)13/h8,11H,5-7H2,1-4H3. The van der Waals surface area contributed by atoms with E-state index in [2.05, 4.69) is 26.1 Å². The molecule has 1 rings (SSSR count). The number of hydrogen-bond acceptors (Lipinski definition) is 2. The summed E-state index contributed by atoms with van der Waals surface area (Å²) in [5.74, 6) is 0.299. The summed E-state index contributed by atoms with van der Waals surface area (Å²) in [4.78, 5) is 13.6. The van der Waals surface area contributed by atoms with E-state index in [1.165, 1.54) is 0 Å². The summed E-state index contributed by atoms with van der Waals surface area (Å²) in [6, 6.07) is 0.319. The fraction of sp³-hybridized carbons (Fsp3) is 0.900. The number of likely N-dealkylation sites (N-methyl/N-ethyl adjacent to an activating group) is 1. The van der Waals surface area contributed by atoms with E-state index in [1.807, 2.05) is 11.9 Å². The molecule has 1 aliphatic heterocycles. The van der Waals surface area contributed by atoms with Crippen molar-refractivity contribution in [2.45, 2.75) is 33.2 Å². The van der Waals surface area contributed by atoms with Gasteiger partial charge in [-0.15, -0.1) is 0 Å². The average molecular weight is 184 g/mol. The lowest BCUT2D eigenvalue weighted by atomic mass is 9.93. The molecule has 13 heavy (non-hydrogen) atoms. The van der Waals surface area contributed by atoms with Crippen LogP contribution in [0.2, 0.25) is 0 Å². The number of likely N-dealkylation sites (tertiary alicyclic amines) is 1. The maximum Gasteiger partial charge on any atom is 0.223 e. The van der Waals surface area contributed by atoms with Gasteiger partial charge in [0, 0.05) is 25.6 Å². The molecule has 0 aromatic rings. The van der Waals surface area contributed by atoms with Crippen molar-refractivity contribution >= 4 is 5.91 Å². The molecular formula is C10H20N2O. The molecule has 1 unspecified atom stereocenters. The van der Waals surface area contributed by atoms with Crippen LogP contribution in [0, 0.1) is 5.41 Å². The van der Waals surface area contributed by atoms with Gasteiger partial charge in [0.15, 0.2) is 0 Å². The third-order valence-corrected chi connectivity index (χ3v) is 2.58. The third kappa shape index (κ3) is 2.44. The number of hydrogen-bond donors (Lipinski definition) is 1. The Morgan fingerprint density at radius 3 is 2.62 bits per heavy atom. The zero-order chi connectivity index (χ0) is 10.1. The van der Waals surface area contributed by atoms with Crippen LogP contribution in [0.15, 0.2) is 0 Å². The number of amides is 1. The monoisotopic (exact) mass is 184 g/mol. The molecule has 1 atom stereocenters. The summed E-state index contributed by atoms with van der Waals surface area (Å²) in [7, 11) is 1.92. The van der Waals surface area contributed by atoms with Crippen LogP contribution in [0.3, 0.4) is 0 Å². The highest BCUT2D eigenvalue weighted by molar-refractivity contribution is 5.79. The molecule has 3 nitrogen and oxygen atoms in total. The Balaban J connectivity index is 2.57. The molecule has 76 valence electrons. The summed E-state index contributed by atoms with van der Waals surface area (Å²) >= 11 is 0. The van der Waals surface area contributed by atoms with Gasteiger partial charge in [0.2, 0.25) is 5.91 Å². The van der Waals surface area contributed by atoms with Crippen molar-refractivity contribution in [3.63, 3.8) is 0 Å². The van der Waals surface area contributed by atoms with Crippen LogP contribution in [0.5, 0.6) is 0 Å². The van der Waals surface area contributed by atoms with Crippen LogP contribution >= 0.6 is 0 Å². The van der Waals surface area contributed by atoms with E-state index < -0.39 is 0 Å². The van der Waals surface area contributed by atoms with Gasteiger partial charge < -0.3 is 10.2 Å². The van der Waals surface area contributed by atoms with Crippen LogP contribution in [0.1, 0.15) is 27.2 Å². The quantitative estimate of drug-likeness (QED) is 0.705. The molecule has 3 heteroatoms. The molecule has 1 saturated heterocycles. The molecule has 1 fully saturated rings. The summed E-state index contributed by atoms with van der Waals surface area (Å²) in [6.07, 6.45) is 0.695. The molecule has 1 N–H and O–H groups in total. The number of nitrogens with one attached hydrogen (secondary N) is 1. The minimum absolute atomic E-state index is 0.166. The van der Waals surface area contributed by atoms with Gasteiger partial charge in [-0.25, -0.2) is 0 Å². The molecule has 0 bridgehead atoms. The molecule has 1 amide bonds. The topological polar surface area (TPSA) is 32.3 Å². The molecule has 1 heterocycles. The van der Waals surface area contributed by atoms with Crippen molar-refractivity contribution in [2.75, 3.05) is 20.1 Å². The fourth-order valence-corrected chi connectivity index (χ4v) is 1.92. The number of rotatable bonds is 3. The van der Waals surface area contributed by atoms with Gasteiger partial charge in [0.25, 0.3) is 0 Å². The highest BCUT2D eigenvalue weighted by atomic mass is 16.2. The van der Waals surface area contributed by atoms with Crippen molar-refractivity contribution in [3.8, 4) is 0 Å². The second kappa shape index (κ2) is 3.66. The SMILES string of the molecule is CNCC(C)N1CC(C)(C)CC1=O. The van der Waals surface area contributed by atoms with Gasteiger partial charge in [-0.2, -0.15) is 0 Å². The summed E-state index contributed by atoms with van der Waals surface area (Å²) in [5.41, 5.74) is 0.166. The van der Waals surface area contributed by atoms with Crippen LogP contribution in [-0.2, 0) is 4.79 Å². The van der Waals surface area contributed by atoms with Gasteiger partial charge in [-0.05, 0) is 19.4 Å². The highest BCUT2D eigenvalue weighted by Gasteiger charge is 2.37. The van der Waals surface area contributed by atoms with Gasteiger partial charge >= 0.3 is 0 Å². The van der Waals surface area contributed by atoms with Crippen molar-refractivity contribution in [2.24, 2.45) is 5.41 Å². The van der Waals surface area contributed by atoms with E-state index in [0.29, 0.717) is 18.4 Å². The Hall–Kier alpha value is -0.570. The predicted molar refractivity (Wildman–Crippen MR) is 53.5 cm³/mol. The molecule has 0 aromatic carbocycles. The number of nitrogens with zero attached hydrogens (tertiary/aromatic N) is 1. The number of carbonyl (C=O) groups is 1. The fourth-order valence-electron chi connectivity index (χ4n) is 1.92. The van der Waals surface area contributed by atoms with E-state index in [1.54, 1.807) is 0 Å². The first-order valence-electron chi connectivity index (χ1n) is 4.90. The van der Waals surface area contributed by atoms with Gasteiger partial charge in [-0.1, -0.05) is 13.8 Å². The molecule has 0 radical (unpaired) electrons. The first kappa shape index (κ1) is 10.5. The molecule has 1 aliphatic rings. The maximum atomic E-state index is 11.6. The van der Waals surface area contributed by atoms with E-state index in [-0.39, 0.29) is 5.41 Å². The second-order valence-corrected chi connectivity index (χ2v) is 4.77. The summed E-state index contributed by atoms with van der Waals surface area (Å²) in [5, 5.41) is 3.10. The molecule has 0 saturated carbocycles. The number of carbonyl (C=O) groups excluding carboxylic acids is 1. The van der Waals surface area contributed by atoms with Crippen molar-refractivity contribution < 1.29 is 4.79 Å². The van der Waals surface area contributed by atoms with Crippen LogP contribution in [0.25, 0.3) is 0 Å². The van der Waals surface area contributed by atoms with Crippen LogP contribution in [-0.4, -0.2) is 37.0 Å².